The first-order chi connectivity index (χ1) is 14.1. The fourth-order valence-electron chi connectivity index (χ4n) is 2.50. The molecule has 29 heavy (non-hydrogen) atoms. The Morgan fingerprint density at radius 2 is 1.90 bits per heavy atom. The number of benzene rings is 2. The Morgan fingerprint density at radius 3 is 2.62 bits per heavy atom. The monoisotopic (exact) mass is 387 g/mol. The van der Waals surface area contributed by atoms with E-state index in [2.05, 4.69) is 20.8 Å². The van der Waals surface area contributed by atoms with Crippen LogP contribution in [0.25, 0.3) is 0 Å². The SMILES string of the molecule is CCOC(=O)c1ccccc1Nc1ccc(C(=O)Nc2cccc(C#N)c2)nn1. The van der Waals surface area contributed by atoms with Crippen molar-refractivity contribution in [1.82, 2.24) is 10.2 Å². The van der Waals surface area contributed by atoms with Gasteiger partial charge < -0.3 is 15.4 Å². The van der Waals surface area contributed by atoms with E-state index in [1.807, 2.05) is 6.07 Å². The maximum absolute atomic E-state index is 12.3. The van der Waals surface area contributed by atoms with Gasteiger partial charge in [0.2, 0.25) is 0 Å². The summed E-state index contributed by atoms with van der Waals surface area (Å²) in [6.07, 6.45) is 0. The molecule has 0 bridgehead atoms. The van der Waals surface area contributed by atoms with Gasteiger partial charge in [-0.25, -0.2) is 4.79 Å². The lowest BCUT2D eigenvalue weighted by Gasteiger charge is -2.10. The third-order valence-electron chi connectivity index (χ3n) is 3.83. The molecule has 0 fully saturated rings. The van der Waals surface area contributed by atoms with E-state index in [-0.39, 0.29) is 12.3 Å². The van der Waals surface area contributed by atoms with Crippen LogP contribution in [0.2, 0.25) is 0 Å². The molecule has 0 unspecified atom stereocenters. The number of ether oxygens (including phenoxy) is 1. The molecule has 0 radical (unpaired) electrons. The zero-order valence-electron chi connectivity index (χ0n) is 15.5. The molecule has 1 heterocycles. The number of amides is 1. The summed E-state index contributed by atoms with van der Waals surface area (Å²) in [7, 11) is 0. The molecule has 2 aromatic carbocycles. The zero-order chi connectivity index (χ0) is 20.6. The summed E-state index contributed by atoms with van der Waals surface area (Å²) in [5, 5.41) is 22.5. The van der Waals surface area contributed by atoms with Crippen LogP contribution in [-0.4, -0.2) is 28.7 Å². The quantitative estimate of drug-likeness (QED) is 0.621. The smallest absolute Gasteiger partial charge is 0.340 e. The molecule has 0 saturated heterocycles. The normalized spacial score (nSPS) is 9.93. The molecule has 0 saturated carbocycles. The average molecular weight is 387 g/mol. The van der Waals surface area contributed by atoms with Gasteiger partial charge in [0.05, 0.1) is 29.5 Å². The van der Waals surface area contributed by atoms with Gasteiger partial charge in [0.15, 0.2) is 11.5 Å². The summed E-state index contributed by atoms with van der Waals surface area (Å²) in [6, 6.07) is 18.5. The number of esters is 1. The predicted molar refractivity (Wildman–Crippen MR) is 107 cm³/mol. The highest BCUT2D eigenvalue weighted by Crippen LogP contribution is 2.20. The molecule has 0 aliphatic carbocycles. The number of hydrogen-bond donors (Lipinski definition) is 2. The summed E-state index contributed by atoms with van der Waals surface area (Å²) in [5.41, 5.74) is 1.92. The lowest BCUT2D eigenvalue weighted by molar-refractivity contribution is 0.0527. The standard InChI is InChI=1S/C21H17N5O3/c1-2-29-21(28)16-8-3-4-9-17(16)24-19-11-10-18(25-26-19)20(27)23-15-7-5-6-14(12-15)13-22/h3-12H,2H2,1H3,(H,23,27)(H,24,26). The van der Waals surface area contributed by atoms with Crippen LogP contribution in [0.1, 0.15) is 33.3 Å². The summed E-state index contributed by atoms with van der Waals surface area (Å²) in [6.45, 7) is 2.01. The van der Waals surface area contributed by atoms with Gasteiger partial charge in [0.1, 0.15) is 0 Å². The highest BCUT2D eigenvalue weighted by molar-refractivity contribution is 6.03. The van der Waals surface area contributed by atoms with Crippen LogP contribution in [0, 0.1) is 11.3 Å². The largest absolute Gasteiger partial charge is 0.462 e. The van der Waals surface area contributed by atoms with Crippen LogP contribution < -0.4 is 10.6 Å². The topological polar surface area (TPSA) is 117 Å². The highest BCUT2D eigenvalue weighted by Gasteiger charge is 2.13. The number of carbonyl (C=O) groups excluding carboxylic acids is 2. The number of nitrogens with zero attached hydrogens (tertiary/aromatic N) is 3. The molecule has 0 aliphatic rings. The van der Waals surface area contributed by atoms with E-state index in [4.69, 9.17) is 10.00 Å². The first-order valence-electron chi connectivity index (χ1n) is 8.79. The summed E-state index contributed by atoms with van der Waals surface area (Å²) < 4.78 is 5.04. The lowest BCUT2D eigenvalue weighted by atomic mass is 10.2. The van der Waals surface area contributed by atoms with Gasteiger partial charge in [0.25, 0.3) is 5.91 Å². The number of hydrogen-bond acceptors (Lipinski definition) is 7. The van der Waals surface area contributed by atoms with Gasteiger partial charge in [-0.1, -0.05) is 18.2 Å². The second-order valence-corrected chi connectivity index (χ2v) is 5.84. The third kappa shape index (κ3) is 4.93. The minimum absolute atomic E-state index is 0.108. The molecule has 0 aliphatic heterocycles. The number of aromatic nitrogens is 2. The van der Waals surface area contributed by atoms with Crippen LogP contribution in [0.5, 0.6) is 0 Å². The maximum atomic E-state index is 12.3. The van der Waals surface area contributed by atoms with E-state index in [0.29, 0.717) is 28.3 Å². The van der Waals surface area contributed by atoms with Crippen molar-refractivity contribution in [2.75, 3.05) is 17.2 Å². The second-order valence-electron chi connectivity index (χ2n) is 5.84. The Morgan fingerprint density at radius 1 is 1.07 bits per heavy atom. The molecule has 144 valence electrons. The molecule has 2 N–H and O–H groups in total. The van der Waals surface area contributed by atoms with Crippen molar-refractivity contribution in [2.45, 2.75) is 6.92 Å². The summed E-state index contributed by atoms with van der Waals surface area (Å²) in [4.78, 5) is 24.4. The molecular formula is C21H17N5O3. The van der Waals surface area contributed by atoms with Crippen molar-refractivity contribution in [2.24, 2.45) is 0 Å². The molecule has 0 spiro atoms. The van der Waals surface area contributed by atoms with Crippen molar-refractivity contribution in [1.29, 1.82) is 5.26 Å². The van der Waals surface area contributed by atoms with Crippen LogP contribution in [0.15, 0.2) is 60.7 Å². The number of para-hydroxylation sites is 1. The Hall–Kier alpha value is -4.25. The van der Waals surface area contributed by atoms with Crippen molar-refractivity contribution in [3.8, 4) is 6.07 Å². The highest BCUT2D eigenvalue weighted by atomic mass is 16.5. The van der Waals surface area contributed by atoms with E-state index in [0.717, 1.165) is 0 Å². The van der Waals surface area contributed by atoms with Crippen molar-refractivity contribution < 1.29 is 14.3 Å². The predicted octanol–water partition coefficient (Wildman–Crippen LogP) is 3.52. The molecule has 3 aromatic rings. The fourth-order valence-corrected chi connectivity index (χ4v) is 2.50. The molecule has 8 nitrogen and oxygen atoms in total. The van der Waals surface area contributed by atoms with Crippen LogP contribution in [-0.2, 0) is 4.74 Å². The van der Waals surface area contributed by atoms with Crippen LogP contribution in [0.4, 0.5) is 17.2 Å². The first kappa shape index (κ1) is 19.5. The van der Waals surface area contributed by atoms with E-state index in [1.54, 1.807) is 61.5 Å². The molecule has 8 heteroatoms. The Kier molecular flexibility index (Phi) is 6.12. The van der Waals surface area contributed by atoms with Crippen molar-refractivity contribution in [3.63, 3.8) is 0 Å². The van der Waals surface area contributed by atoms with Crippen molar-refractivity contribution in [3.05, 3.63) is 77.5 Å². The third-order valence-corrected chi connectivity index (χ3v) is 3.83. The fraction of sp³-hybridized carbons (Fsp3) is 0.0952. The van der Waals surface area contributed by atoms with Gasteiger partial charge in [0, 0.05) is 5.69 Å². The van der Waals surface area contributed by atoms with E-state index < -0.39 is 11.9 Å². The number of carbonyl (C=O) groups is 2. The number of nitrogens with one attached hydrogen (secondary N) is 2. The van der Waals surface area contributed by atoms with Gasteiger partial charge in [-0.3, -0.25) is 4.79 Å². The zero-order valence-corrected chi connectivity index (χ0v) is 15.5. The lowest BCUT2D eigenvalue weighted by Crippen LogP contribution is -2.15. The minimum atomic E-state index is -0.453. The molecule has 1 amide bonds. The second kappa shape index (κ2) is 9.10. The number of rotatable bonds is 6. The van der Waals surface area contributed by atoms with Crippen LogP contribution >= 0.6 is 0 Å². The Balaban J connectivity index is 1.72. The van der Waals surface area contributed by atoms with Gasteiger partial charge in [-0.15, -0.1) is 10.2 Å². The molecule has 3 rings (SSSR count). The van der Waals surface area contributed by atoms with E-state index in [1.165, 1.54) is 6.07 Å². The van der Waals surface area contributed by atoms with E-state index in [9.17, 15) is 9.59 Å². The van der Waals surface area contributed by atoms with Gasteiger partial charge >= 0.3 is 5.97 Å². The average Bonchev–Trinajstić information content (AvgIpc) is 2.75. The van der Waals surface area contributed by atoms with Gasteiger partial charge in [-0.2, -0.15) is 5.26 Å². The Labute approximate surface area is 167 Å². The maximum Gasteiger partial charge on any atom is 0.340 e. The first-order valence-corrected chi connectivity index (χ1v) is 8.79. The minimum Gasteiger partial charge on any atom is -0.462 e. The van der Waals surface area contributed by atoms with Crippen LogP contribution in [0.3, 0.4) is 0 Å². The molecule has 0 atom stereocenters. The van der Waals surface area contributed by atoms with Crippen molar-refractivity contribution >= 4 is 29.1 Å². The van der Waals surface area contributed by atoms with E-state index >= 15 is 0 Å². The van der Waals surface area contributed by atoms with Gasteiger partial charge in [-0.05, 0) is 49.4 Å². The summed E-state index contributed by atoms with van der Waals surface area (Å²) in [5.74, 6) is -0.532. The number of anilines is 3. The molecule has 1 aromatic heterocycles. The Bertz CT molecular complexity index is 1070. The number of nitriles is 1. The summed E-state index contributed by atoms with van der Waals surface area (Å²) >= 11 is 0. The molecular weight excluding hydrogens is 370 g/mol.